The number of nitrogens with one attached hydrogen (secondary N) is 1. The van der Waals surface area contributed by atoms with Gasteiger partial charge in [0.15, 0.2) is 5.57 Å². The van der Waals surface area contributed by atoms with Crippen molar-refractivity contribution < 1.29 is 23.8 Å². The van der Waals surface area contributed by atoms with Crippen LogP contribution >= 0.6 is 0 Å². The van der Waals surface area contributed by atoms with E-state index in [9.17, 15) is 9.59 Å². The Morgan fingerprint density at radius 1 is 1.00 bits per heavy atom. The molecule has 0 aliphatic carbocycles. The van der Waals surface area contributed by atoms with Gasteiger partial charge < -0.3 is 19.5 Å². The van der Waals surface area contributed by atoms with Crippen LogP contribution in [0.15, 0.2) is 48.2 Å². The van der Waals surface area contributed by atoms with Gasteiger partial charge in [0.1, 0.15) is 5.75 Å². The maximum atomic E-state index is 12.0. The van der Waals surface area contributed by atoms with E-state index < -0.39 is 17.7 Å². The molecule has 0 amide bonds. The van der Waals surface area contributed by atoms with Crippen LogP contribution in [0.4, 0.5) is 5.69 Å². The lowest BCUT2D eigenvalue weighted by Gasteiger charge is -2.29. The molecule has 0 atom stereocenters. The number of carbonyl (C=O) groups is 2. The molecule has 0 saturated carbocycles. The van der Waals surface area contributed by atoms with Gasteiger partial charge in [-0.15, -0.1) is 0 Å². The van der Waals surface area contributed by atoms with E-state index in [1.54, 1.807) is 7.11 Å². The van der Waals surface area contributed by atoms with Gasteiger partial charge in [-0.3, -0.25) is 0 Å². The first-order valence-electron chi connectivity index (χ1n) is 7.40. The first kappa shape index (κ1) is 15.9. The fourth-order valence-corrected chi connectivity index (χ4v) is 2.51. The van der Waals surface area contributed by atoms with Crippen LogP contribution in [-0.4, -0.2) is 24.8 Å². The summed E-state index contributed by atoms with van der Waals surface area (Å²) in [6, 6.07) is 11.3. The topological polar surface area (TPSA) is 73.9 Å². The quantitative estimate of drug-likeness (QED) is 0.531. The summed E-state index contributed by atoms with van der Waals surface area (Å²) in [5, 5.41) is 4.79. The Bertz CT molecular complexity index is 832. The molecule has 1 N–H and O–H groups in total. The molecule has 1 aliphatic rings. The SMILES string of the molecule is COc1cccc2c(NC=C3C(=O)OC(C)(C)OC3=O)cccc12. The third-order valence-electron chi connectivity index (χ3n) is 3.59. The first-order chi connectivity index (χ1) is 11.4. The third-order valence-corrected chi connectivity index (χ3v) is 3.59. The molecule has 2 aromatic rings. The van der Waals surface area contributed by atoms with Crippen LogP contribution in [0.2, 0.25) is 0 Å². The number of rotatable bonds is 3. The molecule has 0 bridgehead atoms. The summed E-state index contributed by atoms with van der Waals surface area (Å²) in [7, 11) is 1.60. The Hall–Kier alpha value is -3.02. The van der Waals surface area contributed by atoms with Crippen LogP contribution in [0, 0.1) is 0 Å². The molecular weight excluding hydrogens is 310 g/mol. The van der Waals surface area contributed by atoms with Gasteiger partial charge in [-0.1, -0.05) is 24.3 Å². The van der Waals surface area contributed by atoms with Gasteiger partial charge in [0.25, 0.3) is 5.79 Å². The average molecular weight is 327 g/mol. The number of fused-ring (bicyclic) bond motifs is 1. The Balaban J connectivity index is 1.94. The minimum atomic E-state index is -1.25. The molecule has 0 unspecified atom stereocenters. The summed E-state index contributed by atoms with van der Waals surface area (Å²) < 4.78 is 15.5. The van der Waals surface area contributed by atoms with E-state index in [4.69, 9.17) is 14.2 Å². The van der Waals surface area contributed by atoms with Gasteiger partial charge in [-0.25, -0.2) is 9.59 Å². The van der Waals surface area contributed by atoms with Crippen molar-refractivity contribution in [1.82, 2.24) is 0 Å². The number of anilines is 1. The molecule has 1 aliphatic heterocycles. The van der Waals surface area contributed by atoms with Gasteiger partial charge in [-0.05, 0) is 12.1 Å². The highest BCUT2D eigenvalue weighted by Crippen LogP contribution is 2.31. The zero-order valence-electron chi connectivity index (χ0n) is 13.6. The van der Waals surface area contributed by atoms with E-state index in [-0.39, 0.29) is 5.57 Å². The number of ether oxygens (including phenoxy) is 3. The summed E-state index contributed by atoms with van der Waals surface area (Å²) in [4.78, 5) is 23.9. The second-order valence-electron chi connectivity index (χ2n) is 5.74. The van der Waals surface area contributed by atoms with Crippen LogP contribution in [0.5, 0.6) is 5.75 Å². The lowest BCUT2D eigenvalue weighted by molar-refractivity contribution is -0.222. The number of benzene rings is 2. The fraction of sp³-hybridized carbons (Fsp3) is 0.222. The Labute approximate surface area is 139 Å². The second-order valence-corrected chi connectivity index (χ2v) is 5.74. The van der Waals surface area contributed by atoms with Gasteiger partial charge in [0.05, 0.1) is 7.11 Å². The van der Waals surface area contributed by atoms with Crippen LogP contribution in [-0.2, 0) is 19.1 Å². The molecule has 124 valence electrons. The number of cyclic esters (lactones) is 2. The number of carbonyl (C=O) groups excluding carboxylic acids is 2. The second kappa shape index (κ2) is 5.88. The summed E-state index contributed by atoms with van der Waals surface area (Å²) in [6.07, 6.45) is 1.30. The van der Waals surface area contributed by atoms with Crippen molar-refractivity contribution in [2.45, 2.75) is 19.6 Å². The number of hydrogen-bond acceptors (Lipinski definition) is 6. The largest absolute Gasteiger partial charge is 0.496 e. The molecule has 0 radical (unpaired) electrons. The van der Waals surface area contributed by atoms with Gasteiger partial charge in [-0.2, -0.15) is 0 Å². The maximum absolute atomic E-state index is 12.0. The van der Waals surface area contributed by atoms with Crippen molar-refractivity contribution in [3.63, 3.8) is 0 Å². The lowest BCUT2D eigenvalue weighted by atomic mass is 10.1. The van der Waals surface area contributed by atoms with E-state index in [2.05, 4.69) is 5.32 Å². The number of methoxy groups -OCH3 is 1. The number of esters is 2. The smallest absolute Gasteiger partial charge is 0.350 e. The van der Waals surface area contributed by atoms with E-state index in [0.29, 0.717) is 0 Å². The van der Waals surface area contributed by atoms with E-state index in [1.165, 1.54) is 20.0 Å². The first-order valence-corrected chi connectivity index (χ1v) is 7.40. The van der Waals surface area contributed by atoms with Crippen molar-refractivity contribution >= 4 is 28.4 Å². The molecule has 1 fully saturated rings. The molecule has 6 nitrogen and oxygen atoms in total. The molecule has 3 rings (SSSR count). The maximum Gasteiger partial charge on any atom is 0.350 e. The fourth-order valence-electron chi connectivity index (χ4n) is 2.51. The summed E-state index contributed by atoms with van der Waals surface area (Å²) in [5.41, 5.74) is 0.540. The average Bonchev–Trinajstić information content (AvgIpc) is 2.52. The molecule has 0 spiro atoms. The highest BCUT2D eigenvalue weighted by atomic mass is 16.7. The molecule has 1 saturated heterocycles. The minimum absolute atomic E-state index is 0.186. The normalized spacial score (nSPS) is 16.4. The highest BCUT2D eigenvalue weighted by Gasteiger charge is 2.38. The van der Waals surface area contributed by atoms with Crippen molar-refractivity contribution in [2.75, 3.05) is 12.4 Å². The molecule has 0 aromatic heterocycles. The Kier molecular flexibility index (Phi) is 3.89. The molecule has 1 heterocycles. The number of hydrogen-bond donors (Lipinski definition) is 1. The van der Waals surface area contributed by atoms with Crippen LogP contribution in [0.1, 0.15) is 13.8 Å². The van der Waals surface area contributed by atoms with Crippen molar-refractivity contribution in [3.05, 3.63) is 48.2 Å². The van der Waals surface area contributed by atoms with E-state index in [0.717, 1.165) is 22.2 Å². The molecule has 2 aromatic carbocycles. The zero-order valence-corrected chi connectivity index (χ0v) is 13.6. The molecular formula is C18H17NO5. The standard InChI is InChI=1S/C18H17NO5/c1-18(2)23-16(20)13(17(21)24-18)10-19-14-8-4-7-12-11(14)6-5-9-15(12)22-3/h4-10,19H,1-3H3. The van der Waals surface area contributed by atoms with Crippen LogP contribution < -0.4 is 10.1 Å². The van der Waals surface area contributed by atoms with Crippen LogP contribution in [0.3, 0.4) is 0 Å². The summed E-state index contributed by atoms with van der Waals surface area (Å²) in [5.74, 6) is -1.96. The predicted molar refractivity (Wildman–Crippen MR) is 88.5 cm³/mol. The molecule has 6 heteroatoms. The lowest BCUT2D eigenvalue weighted by Crippen LogP contribution is -2.42. The van der Waals surface area contributed by atoms with Gasteiger partial charge in [0.2, 0.25) is 0 Å². The van der Waals surface area contributed by atoms with Crippen molar-refractivity contribution in [2.24, 2.45) is 0 Å². The highest BCUT2D eigenvalue weighted by molar-refractivity contribution is 6.15. The van der Waals surface area contributed by atoms with E-state index >= 15 is 0 Å². The Morgan fingerprint density at radius 3 is 2.29 bits per heavy atom. The van der Waals surface area contributed by atoms with Crippen molar-refractivity contribution in [3.8, 4) is 5.75 Å². The predicted octanol–water partition coefficient (Wildman–Crippen LogP) is 2.98. The van der Waals surface area contributed by atoms with E-state index in [1.807, 2.05) is 36.4 Å². The van der Waals surface area contributed by atoms with Gasteiger partial charge >= 0.3 is 11.9 Å². The molecule has 24 heavy (non-hydrogen) atoms. The third kappa shape index (κ3) is 2.90. The summed E-state index contributed by atoms with van der Waals surface area (Å²) in [6.45, 7) is 3.01. The Morgan fingerprint density at radius 2 is 1.62 bits per heavy atom. The van der Waals surface area contributed by atoms with Gasteiger partial charge in [0, 0.05) is 36.5 Å². The van der Waals surface area contributed by atoms with Crippen LogP contribution in [0.25, 0.3) is 10.8 Å². The monoisotopic (exact) mass is 327 g/mol. The minimum Gasteiger partial charge on any atom is -0.496 e. The summed E-state index contributed by atoms with van der Waals surface area (Å²) >= 11 is 0. The van der Waals surface area contributed by atoms with Crippen molar-refractivity contribution in [1.29, 1.82) is 0 Å². The zero-order chi connectivity index (χ0) is 17.3.